The van der Waals surface area contributed by atoms with Gasteiger partial charge in [0.2, 0.25) is 0 Å². The maximum absolute atomic E-state index is 4.55. The van der Waals surface area contributed by atoms with Gasteiger partial charge in [-0.15, -0.1) is 0 Å². The Bertz CT molecular complexity index is 329. The molecule has 102 valence electrons. The summed E-state index contributed by atoms with van der Waals surface area (Å²) in [4.78, 5) is 4.55. The van der Waals surface area contributed by atoms with Crippen molar-refractivity contribution in [1.29, 1.82) is 0 Å². The molecular formula is C16H28N2. The monoisotopic (exact) mass is 248 g/mol. The molecule has 1 rings (SSSR count). The first-order chi connectivity index (χ1) is 8.52. The molecular weight excluding hydrogens is 220 g/mol. The van der Waals surface area contributed by atoms with Crippen molar-refractivity contribution < 1.29 is 0 Å². The third kappa shape index (κ3) is 5.18. The van der Waals surface area contributed by atoms with Crippen LogP contribution in [0.4, 0.5) is 0 Å². The molecule has 1 aromatic heterocycles. The first kappa shape index (κ1) is 15.2. The van der Waals surface area contributed by atoms with E-state index in [-0.39, 0.29) is 0 Å². The van der Waals surface area contributed by atoms with Crippen LogP contribution in [-0.4, -0.2) is 17.6 Å². The Labute approximate surface area is 112 Å². The second-order valence-corrected chi connectivity index (χ2v) is 5.73. The normalized spacial score (nSPS) is 14.8. The predicted molar refractivity (Wildman–Crippen MR) is 78.8 cm³/mol. The highest BCUT2D eigenvalue weighted by molar-refractivity contribution is 5.14. The number of rotatable bonds is 7. The summed E-state index contributed by atoms with van der Waals surface area (Å²) >= 11 is 0. The molecule has 0 aliphatic rings. The van der Waals surface area contributed by atoms with Gasteiger partial charge in [0.05, 0.1) is 0 Å². The van der Waals surface area contributed by atoms with Crippen LogP contribution in [0.5, 0.6) is 0 Å². The van der Waals surface area contributed by atoms with Crippen LogP contribution in [0.1, 0.15) is 45.9 Å². The fraction of sp³-hybridized carbons (Fsp3) is 0.688. The number of aryl methyl sites for hydroxylation is 1. The Hall–Kier alpha value is -0.890. The molecule has 1 aromatic rings. The maximum Gasteiger partial charge on any atom is 0.0406 e. The molecule has 1 heterocycles. The van der Waals surface area contributed by atoms with E-state index in [0.29, 0.717) is 17.9 Å². The zero-order valence-electron chi connectivity index (χ0n) is 12.5. The predicted octanol–water partition coefficient (Wildman–Crippen LogP) is 3.46. The average molecular weight is 248 g/mol. The largest absolute Gasteiger partial charge is 0.314 e. The highest BCUT2D eigenvalue weighted by Crippen LogP contribution is 2.16. The van der Waals surface area contributed by atoms with Crippen molar-refractivity contribution in [2.45, 2.75) is 53.5 Å². The van der Waals surface area contributed by atoms with E-state index < -0.39 is 0 Å². The Kier molecular flexibility index (Phi) is 6.34. The van der Waals surface area contributed by atoms with Crippen molar-refractivity contribution in [1.82, 2.24) is 10.3 Å². The third-order valence-electron chi connectivity index (χ3n) is 3.64. The second kappa shape index (κ2) is 7.52. The molecule has 0 amide bonds. The quantitative estimate of drug-likeness (QED) is 0.799. The number of nitrogens with one attached hydrogen (secondary N) is 1. The van der Waals surface area contributed by atoms with E-state index in [1.165, 1.54) is 11.3 Å². The van der Waals surface area contributed by atoms with Crippen LogP contribution in [0.3, 0.4) is 0 Å². The number of hydrogen-bond acceptors (Lipinski definition) is 2. The summed E-state index contributed by atoms with van der Waals surface area (Å²) in [7, 11) is 0. The van der Waals surface area contributed by atoms with Gasteiger partial charge in [-0.2, -0.15) is 0 Å². The van der Waals surface area contributed by atoms with Crippen LogP contribution in [0.2, 0.25) is 0 Å². The molecule has 0 aromatic carbocycles. The lowest BCUT2D eigenvalue weighted by Crippen LogP contribution is -2.31. The fourth-order valence-corrected chi connectivity index (χ4v) is 1.94. The summed E-state index contributed by atoms with van der Waals surface area (Å²) in [6, 6.07) is 4.95. The molecule has 2 atom stereocenters. The van der Waals surface area contributed by atoms with E-state index >= 15 is 0 Å². The Morgan fingerprint density at radius 1 is 1.11 bits per heavy atom. The molecule has 2 nitrogen and oxygen atoms in total. The summed E-state index contributed by atoms with van der Waals surface area (Å²) < 4.78 is 0. The molecule has 0 spiro atoms. The second-order valence-electron chi connectivity index (χ2n) is 5.73. The summed E-state index contributed by atoms with van der Waals surface area (Å²) in [6.07, 6.45) is 4.15. The number of aromatic nitrogens is 1. The van der Waals surface area contributed by atoms with Gasteiger partial charge in [-0.3, -0.25) is 4.98 Å². The Morgan fingerprint density at radius 2 is 1.83 bits per heavy atom. The highest BCUT2D eigenvalue weighted by Gasteiger charge is 2.13. The van der Waals surface area contributed by atoms with E-state index in [1.807, 2.05) is 6.20 Å². The van der Waals surface area contributed by atoms with E-state index in [1.54, 1.807) is 0 Å². The van der Waals surface area contributed by atoms with Crippen LogP contribution in [0.15, 0.2) is 18.3 Å². The van der Waals surface area contributed by atoms with Crippen molar-refractivity contribution >= 4 is 0 Å². The zero-order valence-corrected chi connectivity index (χ0v) is 12.5. The van der Waals surface area contributed by atoms with Gasteiger partial charge in [-0.1, -0.05) is 40.7 Å². The summed E-state index contributed by atoms with van der Waals surface area (Å²) in [6.45, 7) is 12.3. The summed E-state index contributed by atoms with van der Waals surface area (Å²) in [5, 5.41) is 3.51. The van der Waals surface area contributed by atoms with Gasteiger partial charge < -0.3 is 5.32 Å². The van der Waals surface area contributed by atoms with Gasteiger partial charge in [0.1, 0.15) is 0 Å². The SMILES string of the molecule is CCc1ccc(CC(C)C(C)CNC(C)C)nc1. The van der Waals surface area contributed by atoms with Gasteiger partial charge in [-0.25, -0.2) is 0 Å². The van der Waals surface area contributed by atoms with E-state index in [9.17, 15) is 0 Å². The molecule has 0 radical (unpaired) electrons. The van der Waals surface area contributed by atoms with E-state index in [2.05, 4.69) is 57.1 Å². The molecule has 1 N–H and O–H groups in total. The lowest BCUT2D eigenvalue weighted by atomic mass is 9.91. The lowest BCUT2D eigenvalue weighted by Gasteiger charge is -2.21. The molecule has 0 saturated carbocycles. The van der Waals surface area contributed by atoms with Gasteiger partial charge in [0, 0.05) is 17.9 Å². The van der Waals surface area contributed by atoms with Gasteiger partial charge >= 0.3 is 0 Å². The molecule has 0 aliphatic heterocycles. The minimum Gasteiger partial charge on any atom is -0.314 e. The minimum absolute atomic E-state index is 0.571. The molecule has 0 aliphatic carbocycles. The standard InChI is InChI=1S/C16H28N2/c1-6-15-7-8-16(18-11-15)9-13(4)14(5)10-17-12(2)3/h7-8,11-14,17H,6,9-10H2,1-5H3. The van der Waals surface area contributed by atoms with Gasteiger partial charge in [0.15, 0.2) is 0 Å². The van der Waals surface area contributed by atoms with Crippen molar-refractivity contribution in [3.05, 3.63) is 29.6 Å². The topological polar surface area (TPSA) is 24.9 Å². The molecule has 0 fully saturated rings. The molecule has 2 unspecified atom stereocenters. The highest BCUT2D eigenvalue weighted by atomic mass is 14.9. The third-order valence-corrected chi connectivity index (χ3v) is 3.64. The average Bonchev–Trinajstić information content (AvgIpc) is 2.36. The smallest absolute Gasteiger partial charge is 0.0406 e. The molecule has 2 heteroatoms. The molecule has 18 heavy (non-hydrogen) atoms. The first-order valence-corrected chi connectivity index (χ1v) is 7.20. The maximum atomic E-state index is 4.55. The van der Waals surface area contributed by atoms with Crippen molar-refractivity contribution in [2.75, 3.05) is 6.54 Å². The number of pyridine rings is 1. The molecule has 0 bridgehead atoms. The van der Waals surface area contributed by atoms with Crippen LogP contribution in [0, 0.1) is 11.8 Å². The van der Waals surface area contributed by atoms with Crippen molar-refractivity contribution in [3.63, 3.8) is 0 Å². The number of hydrogen-bond donors (Lipinski definition) is 1. The van der Waals surface area contributed by atoms with Gasteiger partial charge in [-0.05, 0) is 42.9 Å². The van der Waals surface area contributed by atoms with Crippen molar-refractivity contribution in [2.24, 2.45) is 11.8 Å². The lowest BCUT2D eigenvalue weighted by molar-refractivity contribution is 0.352. The Balaban J connectivity index is 2.44. The summed E-state index contributed by atoms with van der Waals surface area (Å²) in [5.41, 5.74) is 2.54. The fourth-order valence-electron chi connectivity index (χ4n) is 1.94. The summed E-state index contributed by atoms with van der Waals surface area (Å²) in [5.74, 6) is 1.34. The van der Waals surface area contributed by atoms with E-state index in [4.69, 9.17) is 0 Å². The Morgan fingerprint density at radius 3 is 2.33 bits per heavy atom. The van der Waals surface area contributed by atoms with Gasteiger partial charge in [0.25, 0.3) is 0 Å². The van der Waals surface area contributed by atoms with Crippen molar-refractivity contribution in [3.8, 4) is 0 Å². The molecule has 0 saturated heterocycles. The minimum atomic E-state index is 0.571. The van der Waals surface area contributed by atoms with Crippen LogP contribution in [-0.2, 0) is 12.8 Å². The zero-order chi connectivity index (χ0) is 13.5. The number of nitrogens with zero attached hydrogens (tertiary/aromatic N) is 1. The van der Waals surface area contributed by atoms with Crippen LogP contribution >= 0.6 is 0 Å². The van der Waals surface area contributed by atoms with E-state index in [0.717, 1.165) is 19.4 Å². The van der Waals surface area contributed by atoms with Crippen LogP contribution < -0.4 is 5.32 Å². The van der Waals surface area contributed by atoms with Crippen LogP contribution in [0.25, 0.3) is 0 Å². The first-order valence-electron chi connectivity index (χ1n) is 7.20.